The van der Waals surface area contributed by atoms with Gasteiger partial charge in [-0.1, -0.05) is 32.1 Å². The van der Waals surface area contributed by atoms with Gasteiger partial charge in [-0.3, -0.25) is 4.79 Å². The van der Waals surface area contributed by atoms with Gasteiger partial charge in [0.05, 0.1) is 5.60 Å². The number of hydrogen-bond donors (Lipinski definition) is 2. The fourth-order valence-electron chi connectivity index (χ4n) is 6.56. The molecule has 1 saturated heterocycles. The number of piperidine rings is 1. The number of unbranched alkanes of at least 4 members (excludes halogenated alkanes) is 1. The zero-order valence-corrected chi connectivity index (χ0v) is 23.3. The summed E-state index contributed by atoms with van der Waals surface area (Å²) >= 11 is 0. The summed E-state index contributed by atoms with van der Waals surface area (Å²) in [5.74, 6) is -3.04. The Hall–Kier alpha value is -1.64. The van der Waals surface area contributed by atoms with Crippen LogP contribution in [-0.4, -0.2) is 55.8 Å². The highest BCUT2D eigenvalue weighted by molar-refractivity contribution is 5.76. The summed E-state index contributed by atoms with van der Waals surface area (Å²) < 4.78 is 48.8. The monoisotopic (exact) mass is 540 g/mol. The number of benzene rings is 1. The summed E-state index contributed by atoms with van der Waals surface area (Å²) in [5.41, 5.74) is -2.14. The highest BCUT2D eigenvalue weighted by Crippen LogP contribution is 2.42. The molecule has 0 radical (unpaired) electrons. The second-order valence-electron chi connectivity index (χ2n) is 11.4. The summed E-state index contributed by atoms with van der Waals surface area (Å²) in [6, 6.07) is 1.41. The molecule has 1 amide bonds. The van der Waals surface area contributed by atoms with E-state index in [-0.39, 0.29) is 30.4 Å². The highest BCUT2D eigenvalue weighted by atomic mass is 19.2. The lowest BCUT2D eigenvalue weighted by Gasteiger charge is -2.43. The van der Waals surface area contributed by atoms with E-state index in [1.54, 1.807) is 4.90 Å². The third-order valence-electron chi connectivity index (χ3n) is 8.56. The molecule has 2 fully saturated rings. The average Bonchev–Trinajstić information content (AvgIpc) is 2.91. The van der Waals surface area contributed by atoms with Crippen LogP contribution in [0, 0.1) is 35.2 Å². The molecule has 216 valence electrons. The molecule has 3 rings (SSSR count). The van der Waals surface area contributed by atoms with Crippen LogP contribution >= 0.6 is 0 Å². The van der Waals surface area contributed by atoms with Gasteiger partial charge < -0.3 is 20.1 Å². The first-order valence-electron chi connectivity index (χ1n) is 14.7. The molecule has 1 aliphatic carbocycles. The van der Waals surface area contributed by atoms with Crippen LogP contribution in [0.3, 0.4) is 0 Å². The van der Waals surface area contributed by atoms with E-state index in [2.05, 4.69) is 5.32 Å². The zero-order chi connectivity index (χ0) is 27.5. The number of rotatable bonds is 14. The van der Waals surface area contributed by atoms with Crippen LogP contribution in [0.2, 0.25) is 0 Å². The van der Waals surface area contributed by atoms with Gasteiger partial charge in [-0.05, 0) is 76.9 Å². The van der Waals surface area contributed by atoms with Gasteiger partial charge in [-0.15, -0.1) is 0 Å². The number of aliphatic hydroxyl groups is 1. The Balaban J connectivity index is 1.74. The zero-order valence-electron chi connectivity index (χ0n) is 23.3. The predicted molar refractivity (Wildman–Crippen MR) is 143 cm³/mol. The molecule has 38 heavy (non-hydrogen) atoms. The molecule has 1 saturated carbocycles. The minimum Gasteiger partial charge on any atom is -0.385 e. The number of hydrogen-bond acceptors (Lipinski definition) is 4. The van der Waals surface area contributed by atoms with E-state index in [9.17, 15) is 23.1 Å². The first kappa shape index (κ1) is 30.9. The number of halogens is 3. The van der Waals surface area contributed by atoms with Crippen LogP contribution in [0.1, 0.15) is 89.5 Å². The molecule has 1 heterocycles. The van der Waals surface area contributed by atoms with Gasteiger partial charge in [0.2, 0.25) is 5.91 Å². The van der Waals surface area contributed by atoms with Crippen molar-refractivity contribution in [2.24, 2.45) is 17.8 Å². The second-order valence-corrected chi connectivity index (χ2v) is 11.4. The van der Waals surface area contributed by atoms with Gasteiger partial charge >= 0.3 is 0 Å². The lowest BCUT2D eigenvalue weighted by molar-refractivity contribution is -0.138. The van der Waals surface area contributed by atoms with E-state index < -0.39 is 29.0 Å². The van der Waals surface area contributed by atoms with E-state index in [0.29, 0.717) is 63.8 Å². The number of amides is 1. The first-order chi connectivity index (χ1) is 18.3. The summed E-state index contributed by atoms with van der Waals surface area (Å²) in [7, 11) is 1.91. The Morgan fingerprint density at radius 2 is 1.92 bits per heavy atom. The number of carbonyl (C=O) groups is 1. The van der Waals surface area contributed by atoms with Crippen molar-refractivity contribution in [1.29, 1.82) is 0 Å². The van der Waals surface area contributed by atoms with Crippen molar-refractivity contribution in [3.8, 4) is 0 Å². The average molecular weight is 541 g/mol. The fourth-order valence-corrected chi connectivity index (χ4v) is 6.56. The highest BCUT2D eigenvalue weighted by Gasteiger charge is 2.43. The quantitative estimate of drug-likeness (QED) is 0.227. The number of nitrogens with one attached hydrogen (secondary N) is 1. The summed E-state index contributed by atoms with van der Waals surface area (Å²) in [4.78, 5) is 15.2. The topological polar surface area (TPSA) is 61.8 Å². The Bertz CT molecular complexity index is 881. The summed E-state index contributed by atoms with van der Waals surface area (Å²) in [6.45, 7) is 4.56. The maximum Gasteiger partial charge on any atom is 0.222 e. The summed E-state index contributed by atoms with van der Waals surface area (Å²) in [6.07, 6.45) is 10.2. The standard InChI is InChI=1S/C30H47F3N2O3/c1-3-38-15-8-7-13-30(37,26-18-25(31)19-27(32)29(26)33)24-12-9-14-35(21-24)28(36)17-23(20-34-2)16-22-10-5-4-6-11-22/h18-19,22-24,34,37H,3-17,20-21H2,1-2H3/t23-,24-,30+/m1/s1. The van der Waals surface area contributed by atoms with Gasteiger partial charge in [0.1, 0.15) is 5.82 Å². The third-order valence-corrected chi connectivity index (χ3v) is 8.56. The van der Waals surface area contributed by atoms with E-state index in [0.717, 1.165) is 19.0 Å². The van der Waals surface area contributed by atoms with Gasteiger partial charge in [0.15, 0.2) is 11.6 Å². The van der Waals surface area contributed by atoms with Crippen molar-refractivity contribution in [3.05, 3.63) is 35.1 Å². The van der Waals surface area contributed by atoms with Gasteiger partial charge in [-0.25, -0.2) is 13.2 Å². The lowest BCUT2D eigenvalue weighted by Crippen LogP contribution is -2.49. The van der Waals surface area contributed by atoms with Gasteiger partial charge in [0.25, 0.3) is 0 Å². The molecule has 2 N–H and O–H groups in total. The maximum atomic E-state index is 15.0. The Morgan fingerprint density at radius 1 is 1.16 bits per heavy atom. The molecule has 1 aliphatic heterocycles. The molecule has 0 unspecified atom stereocenters. The van der Waals surface area contributed by atoms with Crippen LogP contribution in [-0.2, 0) is 15.1 Å². The molecular formula is C30H47F3N2O3. The number of carbonyl (C=O) groups excluding carboxylic acids is 1. The van der Waals surface area contributed by atoms with Crippen LogP contribution in [0.15, 0.2) is 12.1 Å². The second kappa shape index (κ2) is 15.2. The smallest absolute Gasteiger partial charge is 0.222 e. The molecule has 3 atom stereocenters. The molecule has 8 heteroatoms. The molecule has 2 aliphatic rings. The molecule has 1 aromatic rings. The minimum atomic E-state index is -1.79. The number of likely N-dealkylation sites (tertiary alicyclic amines) is 1. The van der Waals surface area contributed by atoms with Crippen molar-refractivity contribution in [3.63, 3.8) is 0 Å². The predicted octanol–water partition coefficient (Wildman–Crippen LogP) is 5.93. The van der Waals surface area contributed by atoms with Gasteiger partial charge in [0, 0.05) is 50.3 Å². The Morgan fingerprint density at radius 3 is 2.63 bits per heavy atom. The van der Waals surface area contributed by atoms with E-state index >= 15 is 0 Å². The molecule has 0 bridgehead atoms. The first-order valence-corrected chi connectivity index (χ1v) is 14.7. The molecule has 1 aromatic carbocycles. The third kappa shape index (κ3) is 8.43. The van der Waals surface area contributed by atoms with Gasteiger partial charge in [-0.2, -0.15) is 0 Å². The SMILES string of the molecule is CCOCCCC[C@@](O)(c1cc(F)cc(F)c1F)[C@@H]1CCCN(C(=O)C[C@H](CNC)CC2CCCCC2)C1. The molecule has 0 aromatic heterocycles. The van der Waals surface area contributed by atoms with Crippen LogP contribution in [0.4, 0.5) is 13.2 Å². The fraction of sp³-hybridized carbons (Fsp3) is 0.767. The van der Waals surface area contributed by atoms with Crippen LogP contribution in [0.5, 0.6) is 0 Å². The minimum absolute atomic E-state index is 0.0374. The summed E-state index contributed by atoms with van der Waals surface area (Å²) in [5, 5.41) is 15.2. The Labute approximate surface area is 226 Å². The van der Waals surface area contributed by atoms with Crippen molar-refractivity contribution >= 4 is 5.91 Å². The normalized spacial score (nSPS) is 21.3. The Kier molecular flexibility index (Phi) is 12.4. The van der Waals surface area contributed by atoms with Crippen LogP contribution in [0.25, 0.3) is 0 Å². The largest absolute Gasteiger partial charge is 0.385 e. The number of nitrogens with zero attached hydrogens (tertiary/aromatic N) is 1. The van der Waals surface area contributed by atoms with E-state index in [4.69, 9.17) is 4.74 Å². The van der Waals surface area contributed by atoms with Crippen molar-refractivity contribution in [1.82, 2.24) is 10.2 Å². The molecular weight excluding hydrogens is 493 g/mol. The maximum absolute atomic E-state index is 15.0. The van der Waals surface area contributed by atoms with E-state index in [1.807, 2.05) is 14.0 Å². The lowest BCUT2D eigenvalue weighted by atomic mass is 9.73. The van der Waals surface area contributed by atoms with Crippen molar-refractivity contribution in [2.75, 3.05) is 39.9 Å². The molecule has 5 nitrogen and oxygen atoms in total. The van der Waals surface area contributed by atoms with E-state index in [1.165, 1.54) is 32.1 Å². The van der Waals surface area contributed by atoms with Crippen molar-refractivity contribution in [2.45, 2.75) is 89.6 Å². The molecule has 0 spiro atoms. The number of ether oxygens (including phenoxy) is 1. The van der Waals surface area contributed by atoms with Crippen LogP contribution < -0.4 is 5.32 Å². The van der Waals surface area contributed by atoms with Crippen molar-refractivity contribution < 1.29 is 27.8 Å².